The topological polar surface area (TPSA) is 43.6 Å². The van der Waals surface area contributed by atoms with Gasteiger partial charge in [0.2, 0.25) is 0 Å². The summed E-state index contributed by atoms with van der Waals surface area (Å²) >= 11 is 0. The molecule has 0 atom stereocenters. The van der Waals surface area contributed by atoms with Crippen LogP contribution in [-0.2, 0) is 6.54 Å². The standard InChI is InChI=1S/C13H26N4/c1-2-3-4-5-6-7-8-9-10-11-12-17-15-13-14-16-17/h13H,2-12H2,1H3. The molecule has 17 heavy (non-hydrogen) atoms. The highest BCUT2D eigenvalue weighted by molar-refractivity contribution is 4.48. The summed E-state index contributed by atoms with van der Waals surface area (Å²) in [4.78, 5) is 1.67. The second-order valence-corrected chi connectivity index (χ2v) is 4.71. The highest BCUT2D eigenvalue weighted by Crippen LogP contribution is 2.10. The largest absolute Gasteiger partial charge is 0.164 e. The van der Waals surface area contributed by atoms with Gasteiger partial charge < -0.3 is 0 Å². The molecular weight excluding hydrogens is 212 g/mol. The Morgan fingerprint density at radius 2 is 1.41 bits per heavy atom. The third-order valence-corrected chi connectivity index (χ3v) is 3.10. The number of tetrazole rings is 1. The summed E-state index contributed by atoms with van der Waals surface area (Å²) in [5, 5.41) is 11.5. The number of rotatable bonds is 11. The van der Waals surface area contributed by atoms with Gasteiger partial charge in [0.25, 0.3) is 0 Å². The van der Waals surface area contributed by atoms with E-state index in [9.17, 15) is 0 Å². The van der Waals surface area contributed by atoms with Gasteiger partial charge in [-0.3, -0.25) is 0 Å². The predicted molar refractivity (Wildman–Crippen MR) is 69.7 cm³/mol. The molecule has 1 aromatic heterocycles. The first-order valence-corrected chi connectivity index (χ1v) is 7.14. The van der Waals surface area contributed by atoms with Crippen LogP contribution in [0.1, 0.15) is 71.1 Å². The van der Waals surface area contributed by atoms with Crippen molar-refractivity contribution in [3.8, 4) is 0 Å². The lowest BCUT2D eigenvalue weighted by Crippen LogP contribution is -2.02. The molecule has 4 heteroatoms. The number of unbranched alkanes of at least 4 members (excludes halogenated alkanes) is 9. The molecule has 0 fully saturated rings. The van der Waals surface area contributed by atoms with Gasteiger partial charge in [-0.2, -0.15) is 4.80 Å². The van der Waals surface area contributed by atoms with E-state index < -0.39 is 0 Å². The van der Waals surface area contributed by atoms with Crippen LogP contribution in [-0.4, -0.2) is 20.2 Å². The number of aryl methyl sites for hydroxylation is 1. The van der Waals surface area contributed by atoms with E-state index in [1.165, 1.54) is 70.5 Å². The SMILES string of the molecule is CCCCCCCCCCCCn1ncnn1. The van der Waals surface area contributed by atoms with Crippen LogP contribution in [0.15, 0.2) is 6.33 Å². The molecule has 98 valence electrons. The van der Waals surface area contributed by atoms with Gasteiger partial charge in [0.1, 0.15) is 0 Å². The molecular formula is C13H26N4. The van der Waals surface area contributed by atoms with Crippen molar-refractivity contribution in [2.75, 3.05) is 0 Å². The van der Waals surface area contributed by atoms with Gasteiger partial charge in [-0.15, -0.1) is 10.2 Å². The van der Waals surface area contributed by atoms with E-state index in [-0.39, 0.29) is 0 Å². The smallest absolute Gasteiger partial charge is 0.162 e. The monoisotopic (exact) mass is 238 g/mol. The zero-order valence-corrected chi connectivity index (χ0v) is 11.1. The van der Waals surface area contributed by atoms with Gasteiger partial charge in [0.05, 0.1) is 6.54 Å². The van der Waals surface area contributed by atoms with Crippen molar-refractivity contribution in [3.05, 3.63) is 6.33 Å². The van der Waals surface area contributed by atoms with Gasteiger partial charge in [-0.05, 0) is 11.6 Å². The average Bonchev–Trinajstić information content (AvgIpc) is 2.85. The van der Waals surface area contributed by atoms with Crippen LogP contribution in [0.4, 0.5) is 0 Å². The molecule has 0 aliphatic rings. The number of hydrogen-bond donors (Lipinski definition) is 0. The summed E-state index contributed by atoms with van der Waals surface area (Å²) in [6, 6.07) is 0. The van der Waals surface area contributed by atoms with Crippen LogP contribution < -0.4 is 0 Å². The Morgan fingerprint density at radius 3 is 1.94 bits per heavy atom. The van der Waals surface area contributed by atoms with Crippen LogP contribution in [0.3, 0.4) is 0 Å². The predicted octanol–water partition coefficient (Wildman–Crippen LogP) is 3.59. The second-order valence-electron chi connectivity index (χ2n) is 4.71. The third-order valence-electron chi connectivity index (χ3n) is 3.10. The van der Waals surface area contributed by atoms with Crippen molar-refractivity contribution < 1.29 is 0 Å². The van der Waals surface area contributed by atoms with Crippen molar-refractivity contribution in [1.82, 2.24) is 20.2 Å². The van der Waals surface area contributed by atoms with Crippen LogP contribution in [0.25, 0.3) is 0 Å². The Labute approximate surface area is 105 Å². The van der Waals surface area contributed by atoms with Crippen LogP contribution >= 0.6 is 0 Å². The van der Waals surface area contributed by atoms with Crippen molar-refractivity contribution in [2.24, 2.45) is 0 Å². The Morgan fingerprint density at radius 1 is 0.824 bits per heavy atom. The molecule has 0 spiro atoms. The number of nitrogens with zero attached hydrogens (tertiary/aromatic N) is 4. The lowest BCUT2D eigenvalue weighted by Gasteiger charge is -2.01. The fraction of sp³-hybridized carbons (Fsp3) is 0.923. The van der Waals surface area contributed by atoms with E-state index in [0.717, 1.165) is 6.54 Å². The quantitative estimate of drug-likeness (QED) is 0.553. The third kappa shape index (κ3) is 7.88. The lowest BCUT2D eigenvalue weighted by molar-refractivity contribution is 0.471. The molecule has 4 nitrogen and oxygen atoms in total. The maximum Gasteiger partial charge on any atom is 0.162 e. The van der Waals surface area contributed by atoms with Crippen molar-refractivity contribution in [2.45, 2.75) is 77.7 Å². The molecule has 0 N–H and O–H groups in total. The first-order valence-electron chi connectivity index (χ1n) is 7.14. The first-order chi connectivity index (χ1) is 8.43. The molecule has 0 aliphatic carbocycles. The Hall–Kier alpha value is -0.930. The molecule has 1 aromatic rings. The fourth-order valence-corrected chi connectivity index (χ4v) is 2.03. The summed E-state index contributed by atoms with van der Waals surface area (Å²) in [5.41, 5.74) is 0. The van der Waals surface area contributed by atoms with Crippen LogP contribution in [0.2, 0.25) is 0 Å². The van der Waals surface area contributed by atoms with Crippen LogP contribution in [0, 0.1) is 0 Å². The summed E-state index contributed by atoms with van der Waals surface area (Å²) < 4.78 is 0. The fourth-order valence-electron chi connectivity index (χ4n) is 2.03. The summed E-state index contributed by atoms with van der Waals surface area (Å²) in [6.45, 7) is 3.18. The van der Waals surface area contributed by atoms with Crippen LogP contribution in [0.5, 0.6) is 0 Å². The van der Waals surface area contributed by atoms with E-state index >= 15 is 0 Å². The molecule has 0 aromatic carbocycles. The summed E-state index contributed by atoms with van der Waals surface area (Å²) in [7, 11) is 0. The zero-order chi connectivity index (χ0) is 12.2. The van der Waals surface area contributed by atoms with Gasteiger partial charge >= 0.3 is 0 Å². The highest BCUT2D eigenvalue weighted by Gasteiger charge is 1.94. The molecule has 0 amide bonds. The zero-order valence-electron chi connectivity index (χ0n) is 11.1. The molecule has 0 saturated heterocycles. The normalized spacial score (nSPS) is 10.9. The number of hydrogen-bond acceptors (Lipinski definition) is 3. The maximum atomic E-state index is 3.99. The van der Waals surface area contributed by atoms with Gasteiger partial charge in [0.15, 0.2) is 6.33 Å². The van der Waals surface area contributed by atoms with Gasteiger partial charge in [-0.1, -0.05) is 64.7 Å². The van der Waals surface area contributed by atoms with Gasteiger partial charge in [-0.25, -0.2) is 0 Å². The molecule has 0 radical (unpaired) electrons. The van der Waals surface area contributed by atoms with Crippen molar-refractivity contribution >= 4 is 0 Å². The molecule has 1 heterocycles. The van der Waals surface area contributed by atoms with Crippen molar-refractivity contribution in [1.29, 1.82) is 0 Å². The molecule has 0 unspecified atom stereocenters. The average molecular weight is 238 g/mol. The molecule has 1 rings (SSSR count). The highest BCUT2D eigenvalue weighted by atomic mass is 15.6. The van der Waals surface area contributed by atoms with E-state index in [4.69, 9.17) is 0 Å². The molecule has 0 bridgehead atoms. The first kappa shape index (κ1) is 14.1. The lowest BCUT2D eigenvalue weighted by atomic mass is 10.1. The molecule has 0 saturated carbocycles. The Bertz CT molecular complexity index is 246. The number of aromatic nitrogens is 4. The maximum absolute atomic E-state index is 3.99. The van der Waals surface area contributed by atoms with Crippen molar-refractivity contribution in [3.63, 3.8) is 0 Å². The summed E-state index contributed by atoms with van der Waals surface area (Å²) in [5.74, 6) is 0. The van der Waals surface area contributed by atoms with Gasteiger partial charge in [0, 0.05) is 0 Å². The minimum absolute atomic E-state index is 0.913. The minimum Gasteiger partial charge on any atom is -0.164 e. The minimum atomic E-state index is 0.913. The van der Waals surface area contributed by atoms with E-state index in [0.29, 0.717) is 0 Å². The summed E-state index contributed by atoms with van der Waals surface area (Å²) in [6.07, 6.45) is 15.1. The van der Waals surface area contributed by atoms with E-state index in [1.54, 1.807) is 4.80 Å². The van der Waals surface area contributed by atoms with E-state index in [1.807, 2.05) is 0 Å². The Kier molecular flexibility index (Phi) is 8.51. The Balaban J connectivity index is 1.76. The van der Waals surface area contributed by atoms with E-state index in [2.05, 4.69) is 22.3 Å². The second kappa shape index (κ2) is 10.2. The molecule has 0 aliphatic heterocycles.